The van der Waals surface area contributed by atoms with Crippen molar-refractivity contribution in [2.24, 2.45) is 5.11 Å². The first-order valence-electron chi connectivity index (χ1n) is 11.1. The molecule has 3 heterocycles. The van der Waals surface area contributed by atoms with E-state index in [2.05, 4.69) is 25.4 Å². The standard InChI is InChI=1S/C24H27N7O3/c1-15-16(2)27-21(24(33)28-22-13-34-10-8-23(22)32)12-19(15)11-17-3-5-18(6-4-17)20-7-9-31(29-20)14-26-30-25/h3-7,9,12,22-23,32H,8,10-11,13-14H2,1-2H3,(H,28,33)/t22-,23-/m0/s1. The van der Waals surface area contributed by atoms with Gasteiger partial charge in [0.1, 0.15) is 12.4 Å². The molecule has 2 N–H and O–H groups in total. The number of nitrogens with one attached hydrogen (secondary N) is 1. The first kappa shape index (κ1) is 23.4. The first-order chi connectivity index (χ1) is 16.4. The molecule has 1 saturated heterocycles. The van der Waals surface area contributed by atoms with Crippen molar-refractivity contribution in [1.82, 2.24) is 20.1 Å². The maximum absolute atomic E-state index is 12.8. The van der Waals surface area contributed by atoms with Crippen LogP contribution in [0.4, 0.5) is 0 Å². The molecule has 1 aliphatic rings. The smallest absolute Gasteiger partial charge is 0.270 e. The summed E-state index contributed by atoms with van der Waals surface area (Å²) in [6, 6.07) is 11.3. The van der Waals surface area contributed by atoms with Crippen LogP contribution in [0.15, 0.2) is 47.7 Å². The molecule has 0 spiro atoms. The van der Waals surface area contributed by atoms with Crippen LogP contribution in [-0.4, -0.2) is 51.1 Å². The molecule has 1 aliphatic heterocycles. The molecule has 2 atom stereocenters. The van der Waals surface area contributed by atoms with Crippen molar-refractivity contribution in [2.75, 3.05) is 13.2 Å². The number of ether oxygens (including phenoxy) is 1. The average Bonchev–Trinajstić information content (AvgIpc) is 3.31. The van der Waals surface area contributed by atoms with Crippen LogP contribution in [0.1, 0.15) is 39.3 Å². The van der Waals surface area contributed by atoms with Crippen molar-refractivity contribution in [3.05, 3.63) is 81.1 Å². The molecule has 1 amide bonds. The van der Waals surface area contributed by atoms with Gasteiger partial charge in [0.25, 0.3) is 5.91 Å². The van der Waals surface area contributed by atoms with Gasteiger partial charge < -0.3 is 15.2 Å². The Morgan fingerprint density at radius 2 is 2.12 bits per heavy atom. The fourth-order valence-corrected chi connectivity index (χ4v) is 3.91. The van der Waals surface area contributed by atoms with E-state index in [4.69, 9.17) is 10.3 Å². The van der Waals surface area contributed by atoms with E-state index in [-0.39, 0.29) is 12.6 Å². The van der Waals surface area contributed by atoms with E-state index in [9.17, 15) is 9.90 Å². The Kier molecular flexibility index (Phi) is 7.22. The molecular formula is C24H27N7O3. The zero-order chi connectivity index (χ0) is 24.1. The van der Waals surface area contributed by atoms with Crippen molar-refractivity contribution in [1.29, 1.82) is 0 Å². The fraction of sp³-hybridized carbons (Fsp3) is 0.375. The second-order valence-corrected chi connectivity index (χ2v) is 8.37. The number of pyridine rings is 1. The second-order valence-electron chi connectivity index (χ2n) is 8.37. The molecule has 1 aromatic carbocycles. The lowest BCUT2D eigenvalue weighted by Crippen LogP contribution is -2.49. The minimum Gasteiger partial charge on any atom is -0.391 e. The molecule has 0 aliphatic carbocycles. The Labute approximate surface area is 197 Å². The van der Waals surface area contributed by atoms with Gasteiger partial charge in [-0.25, -0.2) is 4.98 Å². The summed E-state index contributed by atoms with van der Waals surface area (Å²) in [5.74, 6) is -0.314. The van der Waals surface area contributed by atoms with Gasteiger partial charge in [0.15, 0.2) is 0 Å². The lowest BCUT2D eigenvalue weighted by molar-refractivity contribution is -0.0140. The van der Waals surface area contributed by atoms with Gasteiger partial charge in [0.05, 0.1) is 24.4 Å². The molecule has 4 rings (SSSR count). The summed E-state index contributed by atoms with van der Waals surface area (Å²) in [4.78, 5) is 20.0. The quantitative estimate of drug-likeness (QED) is 0.316. The monoisotopic (exact) mass is 461 g/mol. The largest absolute Gasteiger partial charge is 0.391 e. The van der Waals surface area contributed by atoms with Crippen LogP contribution < -0.4 is 5.32 Å². The van der Waals surface area contributed by atoms with Gasteiger partial charge in [-0.2, -0.15) is 5.10 Å². The average molecular weight is 462 g/mol. The summed E-state index contributed by atoms with van der Waals surface area (Å²) in [6.07, 6.45) is 2.30. The van der Waals surface area contributed by atoms with Crippen molar-refractivity contribution in [3.63, 3.8) is 0 Å². The van der Waals surface area contributed by atoms with Crippen molar-refractivity contribution < 1.29 is 14.6 Å². The van der Waals surface area contributed by atoms with Gasteiger partial charge in [-0.15, -0.1) is 0 Å². The van der Waals surface area contributed by atoms with E-state index >= 15 is 0 Å². The third kappa shape index (κ3) is 5.43. The summed E-state index contributed by atoms with van der Waals surface area (Å²) in [7, 11) is 0. The zero-order valence-corrected chi connectivity index (χ0v) is 19.2. The number of rotatable bonds is 7. The molecular weight excluding hydrogens is 434 g/mol. The predicted molar refractivity (Wildman–Crippen MR) is 126 cm³/mol. The molecule has 0 radical (unpaired) electrons. The van der Waals surface area contributed by atoms with E-state index in [1.165, 1.54) is 0 Å². The highest BCUT2D eigenvalue weighted by atomic mass is 16.5. The number of aliphatic hydroxyl groups is 1. The van der Waals surface area contributed by atoms with Gasteiger partial charge in [-0.1, -0.05) is 29.4 Å². The minimum atomic E-state index is -0.618. The molecule has 10 heteroatoms. The molecule has 1 fully saturated rings. The van der Waals surface area contributed by atoms with Crippen LogP contribution in [0.2, 0.25) is 0 Å². The second kappa shape index (κ2) is 10.5. The highest BCUT2D eigenvalue weighted by Gasteiger charge is 2.26. The number of nitrogens with zero attached hydrogens (tertiary/aromatic N) is 6. The number of amides is 1. The predicted octanol–water partition coefficient (Wildman–Crippen LogP) is 3.30. The molecule has 3 aromatic rings. The van der Waals surface area contributed by atoms with Gasteiger partial charge in [0.2, 0.25) is 0 Å². The van der Waals surface area contributed by atoms with E-state index in [0.717, 1.165) is 33.6 Å². The maximum atomic E-state index is 12.8. The Bertz CT molecular complexity index is 1220. The number of carbonyl (C=O) groups excluding carboxylic acids is 1. The normalized spacial score (nSPS) is 17.7. The van der Waals surface area contributed by atoms with E-state index in [1.807, 2.05) is 50.2 Å². The maximum Gasteiger partial charge on any atom is 0.270 e. The molecule has 176 valence electrons. The van der Waals surface area contributed by atoms with Crippen LogP contribution in [-0.2, 0) is 17.8 Å². The Balaban J connectivity index is 1.48. The topological polar surface area (TPSA) is 138 Å². The highest BCUT2D eigenvalue weighted by Crippen LogP contribution is 2.22. The van der Waals surface area contributed by atoms with Crippen LogP contribution in [0, 0.1) is 13.8 Å². The fourth-order valence-electron chi connectivity index (χ4n) is 3.91. The molecule has 0 bridgehead atoms. The van der Waals surface area contributed by atoms with Crippen LogP contribution >= 0.6 is 0 Å². The highest BCUT2D eigenvalue weighted by molar-refractivity contribution is 5.93. The third-order valence-corrected chi connectivity index (χ3v) is 6.05. The summed E-state index contributed by atoms with van der Waals surface area (Å²) in [6.45, 7) is 4.83. The van der Waals surface area contributed by atoms with Gasteiger partial charge in [-0.05, 0) is 61.0 Å². The number of aryl methyl sites for hydroxylation is 1. The lowest BCUT2D eigenvalue weighted by atomic mass is 9.98. The van der Waals surface area contributed by atoms with E-state index in [0.29, 0.717) is 31.7 Å². The molecule has 10 nitrogen and oxygen atoms in total. The van der Waals surface area contributed by atoms with Crippen molar-refractivity contribution >= 4 is 5.91 Å². The number of aliphatic hydroxyl groups excluding tert-OH is 1. The number of aromatic nitrogens is 3. The van der Waals surface area contributed by atoms with Gasteiger partial charge in [-0.3, -0.25) is 9.48 Å². The molecule has 34 heavy (non-hydrogen) atoms. The first-order valence-corrected chi connectivity index (χ1v) is 11.1. The zero-order valence-electron chi connectivity index (χ0n) is 19.2. The number of benzene rings is 1. The van der Waals surface area contributed by atoms with E-state index in [1.54, 1.807) is 10.9 Å². The molecule has 0 unspecified atom stereocenters. The van der Waals surface area contributed by atoms with Crippen molar-refractivity contribution in [3.8, 4) is 11.3 Å². The number of hydrogen-bond donors (Lipinski definition) is 2. The Morgan fingerprint density at radius 1 is 1.32 bits per heavy atom. The Morgan fingerprint density at radius 3 is 2.85 bits per heavy atom. The molecule has 0 saturated carbocycles. The number of carbonyl (C=O) groups is 1. The van der Waals surface area contributed by atoms with Crippen LogP contribution in [0.5, 0.6) is 0 Å². The van der Waals surface area contributed by atoms with Crippen molar-refractivity contribution in [2.45, 2.75) is 45.5 Å². The van der Waals surface area contributed by atoms with E-state index < -0.39 is 12.1 Å². The number of azide groups is 1. The lowest BCUT2D eigenvalue weighted by Gasteiger charge is -2.28. The molecule has 2 aromatic heterocycles. The summed E-state index contributed by atoms with van der Waals surface area (Å²) in [5.41, 5.74) is 14.5. The van der Waals surface area contributed by atoms with Gasteiger partial charge in [0, 0.05) is 29.0 Å². The minimum absolute atomic E-state index is 0.151. The third-order valence-electron chi connectivity index (χ3n) is 6.05. The summed E-state index contributed by atoms with van der Waals surface area (Å²) >= 11 is 0. The summed E-state index contributed by atoms with van der Waals surface area (Å²) < 4.78 is 6.96. The SMILES string of the molecule is Cc1nc(C(=O)N[C@H]2COCC[C@@H]2O)cc(Cc2ccc(-c3ccn(CN=[N+]=[N-])n3)cc2)c1C. The summed E-state index contributed by atoms with van der Waals surface area (Å²) in [5, 5.41) is 20.9. The van der Waals surface area contributed by atoms with Crippen LogP contribution in [0.3, 0.4) is 0 Å². The van der Waals surface area contributed by atoms with Gasteiger partial charge >= 0.3 is 0 Å². The van der Waals surface area contributed by atoms with Crippen LogP contribution in [0.25, 0.3) is 21.7 Å². The Hall–Kier alpha value is -3.72. The number of hydrogen-bond acceptors (Lipinski definition) is 6.